The van der Waals surface area contributed by atoms with E-state index in [9.17, 15) is 9.59 Å². The number of carboxylic acids is 1. The second-order valence-corrected chi connectivity index (χ2v) is 5.01. The van der Waals surface area contributed by atoms with Crippen molar-refractivity contribution < 1.29 is 18.8 Å². The number of rotatable bonds is 5. The van der Waals surface area contributed by atoms with Crippen LogP contribution in [0.25, 0.3) is 0 Å². The third-order valence-corrected chi connectivity index (χ3v) is 3.60. The van der Waals surface area contributed by atoms with Crippen molar-refractivity contribution in [1.29, 1.82) is 0 Å². The summed E-state index contributed by atoms with van der Waals surface area (Å²) in [6.45, 7) is 0.977. The van der Waals surface area contributed by atoms with Crippen LogP contribution in [0.15, 0.2) is 23.1 Å². The molecular formula is C13H17NO3S. The number of carbonyl (C=O) groups excluding carboxylic acids is 1. The Hall–Kier alpha value is -1.49. The first-order chi connectivity index (χ1) is 9.61. The highest BCUT2D eigenvalue weighted by Gasteiger charge is 2.18. The fourth-order valence-electron chi connectivity index (χ4n) is 1.37. The number of aliphatic carboxylic acids is 1. The first-order valence-corrected chi connectivity index (χ1v) is 6.33. The zero-order chi connectivity index (χ0) is 16.2. The Morgan fingerprint density at radius 2 is 2.22 bits per heavy atom. The molecule has 0 aliphatic rings. The van der Waals surface area contributed by atoms with Gasteiger partial charge in [0.1, 0.15) is 6.04 Å². The molecule has 0 saturated heterocycles. The van der Waals surface area contributed by atoms with E-state index in [0.29, 0.717) is 0 Å². The van der Waals surface area contributed by atoms with Gasteiger partial charge in [-0.2, -0.15) is 0 Å². The van der Waals surface area contributed by atoms with Gasteiger partial charge < -0.3 is 10.4 Å². The van der Waals surface area contributed by atoms with Gasteiger partial charge in [0.15, 0.2) is 0 Å². The average molecular weight is 270 g/mol. The Kier molecular flexibility index (Phi) is 3.74. The van der Waals surface area contributed by atoms with E-state index in [2.05, 4.69) is 0 Å². The highest BCUT2D eigenvalue weighted by Crippen LogP contribution is 2.24. The molecule has 1 atom stereocenters. The average Bonchev–Trinajstić information content (AvgIpc) is 2.36. The third kappa shape index (κ3) is 4.41. The van der Waals surface area contributed by atoms with Crippen molar-refractivity contribution in [3.63, 3.8) is 0 Å². The predicted octanol–water partition coefficient (Wildman–Crippen LogP) is 1.98. The molecule has 0 aliphatic carbocycles. The maximum Gasteiger partial charge on any atom is 0.327 e. The van der Waals surface area contributed by atoms with E-state index in [1.165, 1.54) is 11.8 Å². The molecule has 0 spiro atoms. The van der Waals surface area contributed by atoms with Crippen molar-refractivity contribution in [3.05, 3.63) is 29.3 Å². The molecule has 0 saturated carbocycles. The van der Waals surface area contributed by atoms with E-state index in [1.54, 1.807) is 0 Å². The molecule has 0 aromatic heterocycles. The number of carbonyl (C=O) groups is 2. The van der Waals surface area contributed by atoms with Gasteiger partial charge in [-0.1, -0.05) is 17.7 Å². The summed E-state index contributed by atoms with van der Waals surface area (Å²) in [6.07, 6.45) is 0. The van der Waals surface area contributed by atoms with E-state index in [0.717, 1.165) is 16.0 Å². The van der Waals surface area contributed by atoms with Crippen LogP contribution in [0.3, 0.4) is 0 Å². The van der Waals surface area contributed by atoms with E-state index < -0.39 is 24.8 Å². The maximum absolute atomic E-state index is 11.4. The zero-order valence-corrected chi connectivity index (χ0v) is 11.0. The van der Waals surface area contributed by atoms with Gasteiger partial charge in [-0.3, -0.25) is 4.79 Å². The molecule has 1 rings (SSSR count). The molecule has 1 aromatic rings. The van der Waals surface area contributed by atoms with Crippen LogP contribution in [-0.2, 0) is 9.59 Å². The molecule has 1 aromatic carbocycles. The Morgan fingerprint density at radius 1 is 1.50 bits per heavy atom. The first kappa shape index (κ1) is 10.4. The number of carboxylic acid groups (broad SMARTS) is 1. The number of hydrogen-bond donors (Lipinski definition) is 2. The number of benzene rings is 1. The normalized spacial score (nSPS) is 15.1. The Morgan fingerprint density at radius 3 is 2.83 bits per heavy atom. The van der Waals surface area contributed by atoms with Gasteiger partial charge in [-0.05, 0) is 25.5 Å². The minimum Gasteiger partial charge on any atom is -0.480 e. The molecule has 0 radical (unpaired) electrons. The van der Waals surface area contributed by atoms with Crippen molar-refractivity contribution in [2.75, 3.05) is 5.75 Å². The summed E-state index contributed by atoms with van der Waals surface area (Å²) < 4.78 is 20.9. The molecule has 18 heavy (non-hydrogen) atoms. The predicted molar refractivity (Wildman–Crippen MR) is 71.9 cm³/mol. The molecule has 98 valence electrons. The van der Waals surface area contributed by atoms with Crippen LogP contribution in [0.5, 0.6) is 0 Å². The molecule has 0 fully saturated rings. The minimum atomic E-state index is -2.85. The van der Waals surface area contributed by atoms with Gasteiger partial charge in [-0.15, -0.1) is 11.8 Å². The fraction of sp³-hybridized carbons (Fsp3) is 0.385. The number of nitrogens with one attached hydrogen (secondary N) is 1. The monoisotopic (exact) mass is 270 g/mol. The molecule has 0 bridgehead atoms. The van der Waals surface area contributed by atoms with Crippen molar-refractivity contribution in [1.82, 2.24) is 5.32 Å². The van der Waals surface area contributed by atoms with Crippen molar-refractivity contribution in [3.8, 4) is 0 Å². The number of hydrogen-bond acceptors (Lipinski definition) is 3. The molecule has 0 heterocycles. The quantitative estimate of drug-likeness (QED) is 0.803. The molecular weight excluding hydrogens is 250 g/mol. The molecule has 1 amide bonds. The highest BCUT2D eigenvalue weighted by atomic mass is 32.2. The molecule has 0 unspecified atom stereocenters. The second-order valence-electron chi connectivity index (χ2n) is 3.94. The minimum absolute atomic E-state index is 0.0570. The van der Waals surface area contributed by atoms with Gasteiger partial charge in [0.25, 0.3) is 0 Å². The van der Waals surface area contributed by atoms with Crippen molar-refractivity contribution >= 4 is 23.6 Å². The number of amides is 1. The SMILES string of the molecule is [2H]C([2H])([2H])C(=O)N[C@@H](CSc1cc(C)ccc1C)C(=O)O. The zero-order valence-electron chi connectivity index (χ0n) is 13.2. The smallest absolute Gasteiger partial charge is 0.327 e. The summed E-state index contributed by atoms with van der Waals surface area (Å²) in [5.74, 6) is -2.46. The van der Waals surface area contributed by atoms with Crippen molar-refractivity contribution in [2.24, 2.45) is 0 Å². The Balaban J connectivity index is 2.74. The summed E-state index contributed by atoms with van der Waals surface area (Å²) in [6, 6.07) is 4.55. The van der Waals surface area contributed by atoms with Crippen LogP contribution in [0, 0.1) is 13.8 Å². The maximum atomic E-state index is 11.4. The van der Waals surface area contributed by atoms with E-state index in [-0.39, 0.29) is 5.75 Å². The first-order valence-electron chi connectivity index (χ1n) is 6.85. The lowest BCUT2D eigenvalue weighted by Gasteiger charge is -2.14. The highest BCUT2D eigenvalue weighted by molar-refractivity contribution is 7.99. The van der Waals surface area contributed by atoms with Crippen LogP contribution in [0.4, 0.5) is 0 Å². The van der Waals surface area contributed by atoms with Gasteiger partial charge in [0.05, 0.1) is 0 Å². The summed E-state index contributed by atoms with van der Waals surface area (Å²) in [5, 5.41) is 11.1. The number of aryl methyl sites for hydroxylation is 2. The summed E-state index contributed by atoms with van der Waals surface area (Å²) in [7, 11) is 0. The van der Waals surface area contributed by atoms with Crippen LogP contribution >= 0.6 is 11.8 Å². The topological polar surface area (TPSA) is 66.4 Å². The van der Waals surface area contributed by atoms with E-state index >= 15 is 0 Å². The lowest BCUT2D eigenvalue weighted by Crippen LogP contribution is -2.41. The molecule has 2 N–H and O–H groups in total. The summed E-state index contributed by atoms with van der Waals surface area (Å²) in [5.41, 5.74) is 2.04. The van der Waals surface area contributed by atoms with Crippen LogP contribution in [-0.4, -0.2) is 28.8 Å². The van der Waals surface area contributed by atoms with Crippen molar-refractivity contribution in [2.45, 2.75) is 31.6 Å². The molecule has 4 nitrogen and oxygen atoms in total. The van der Waals surface area contributed by atoms with Crippen LogP contribution in [0.2, 0.25) is 0 Å². The number of thioether (sulfide) groups is 1. The van der Waals surface area contributed by atoms with Gasteiger partial charge in [-0.25, -0.2) is 4.79 Å². The molecule has 5 heteroatoms. The second kappa shape index (κ2) is 6.44. The molecule has 0 aliphatic heterocycles. The van der Waals surface area contributed by atoms with Crippen LogP contribution < -0.4 is 5.32 Å². The van der Waals surface area contributed by atoms with Gasteiger partial charge >= 0.3 is 5.97 Å². The Labute approximate surface area is 115 Å². The van der Waals surface area contributed by atoms with E-state index in [4.69, 9.17) is 9.22 Å². The third-order valence-electron chi connectivity index (χ3n) is 2.35. The lowest BCUT2D eigenvalue weighted by atomic mass is 10.2. The standard InChI is InChI=1S/C13H17NO3S/c1-8-4-5-9(2)12(6-8)18-7-11(13(16)17)14-10(3)15/h4-6,11H,7H2,1-3H3,(H,14,15)(H,16,17)/t11-/m0/s1/i3D3. The summed E-state index contributed by atoms with van der Waals surface area (Å²) in [4.78, 5) is 23.4. The van der Waals surface area contributed by atoms with Crippen LogP contribution in [0.1, 0.15) is 22.1 Å². The van der Waals surface area contributed by atoms with E-state index in [1.807, 2.05) is 37.4 Å². The fourth-order valence-corrected chi connectivity index (χ4v) is 2.51. The lowest BCUT2D eigenvalue weighted by molar-refractivity contribution is -0.140. The van der Waals surface area contributed by atoms with Gasteiger partial charge in [0.2, 0.25) is 5.91 Å². The summed E-state index contributed by atoms with van der Waals surface area (Å²) >= 11 is 1.27. The largest absolute Gasteiger partial charge is 0.480 e. The Bertz CT molecular complexity index is 546. The van der Waals surface area contributed by atoms with Gasteiger partial charge in [0, 0.05) is 21.6 Å².